The van der Waals surface area contributed by atoms with E-state index in [2.05, 4.69) is 36.3 Å². The first-order valence-corrected chi connectivity index (χ1v) is 12.2. The van der Waals surface area contributed by atoms with Crippen molar-refractivity contribution in [2.45, 2.75) is 45.5 Å². The lowest BCUT2D eigenvalue weighted by molar-refractivity contribution is -0.113. The van der Waals surface area contributed by atoms with Crippen molar-refractivity contribution in [3.63, 3.8) is 0 Å². The summed E-state index contributed by atoms with van der Waals surface area (Å²) in [5.41, 5.74) is 6.89. The number of carbonyl (C=O) groups excluding carboxylic acids is 2. The molecule has 3 aromatic rings. The number of rotatable bonds is 11. The molecule has 0 aliphatic rings. The van der Waals surface area contributed by atoms with Crippen molar-refractivity contribution in [2.75, 3.05) is 11.1 Å². The highest BCUT2D eigenvalue weighted by Gasteiger charge is 2.17. The van der Waals surface area contributed by atoms with Gasteiger partial charge in [-0.15, -0.1) is 21.5 Å². The molecular weight excluding hydrogens is 446 g/mol. The number of anilines is 1. The molecule has 10 heteroatoms. The molecule has 0 aliphatic heterocycles. The Morgan fingerprint density at radius 2 is 1.97 bits per heavy atom. The summed E-state index contributed by atoms with van der Waals surface area (Å²) in [5.74, 6) is 1.16. The molecule has 0 radical (unpaired) electrons. The lowest BCUT2D eigenvalue weighted by Crippen LogP contribution is -2.18. The van der Waals surface area contributed by atoms with Crippen LogP contribution < -0.4 is 15.8 Å². The molecule has 2 heterocycles. The zero-order valence-electron chi connectivity index (χ0n) is 18.3. The van der Waals surface area contributed by atoms with Gasteiger partial charge in [-0.05, 0) is 41.5 Å². The third-order valence-corrected chi connectivity index (χ3v) is 6.35. The number of hydrogen-bond donors (Lipinski definition) is 2. The second kappa shape index (κ2) is 11.1. The summed E-state index contributed by atoms with van der Waals surface area (Å²) >= 11 is 2.55. The number of nitrogens with two attached hydrogens (primary N) is 1. The molecule has 8 nitrogen and oxygen atoms in total. The fourth-order valence-electron chi connectivity index (χ4n) is 2.94. The second-order valence-electron chi connectivity index (χ2n) is 7.55. The van der Waals surface area contributed by atoms with Gasteiger partial charge in [-0.25, -0.2) is 0 Å². The zero-order chi connectivity index (χ0) is 23.1. The van der Waals surface area contributed by atoms with Crippen LogP contribution in [-0.4, -0.2) is 32.3 Å². The number of primary amides is 1. The molecule has 3 N–H and O–H groups in total. The number of amides is 2. The van der Waals surface area contributed by atoms with Crippen LogP contribution in [-0.2, 0) is 24.4 Å². The first kappa shape index (κ1) is 23.8. The van der Waals surface area contributed by atoms with Crippen LogP contribution in [0.4, 0.5) is 5.00 Å². The maximum Gasteiger partial charge on any atom is 0.251 e. The van der Waals surface area contributed by atoms with E-state index in [1.807, 2.05) is 28.8 Å². The summed E-state index contributed by atoms with van der Waals surface area (Å²) in [6.45, 7) is 7.33. The van der Waals surface area contributed by atoms with E-state index in [0.29, 0.717) is 34.0 Å². The van der Waals surface area contributed by atoms with Gasteiger partial charge in [0.15, 0.2) is 11.0 Å². The van der Waals surface area contributed by atoms with Gasteiger partial charge in [0, 0.05) is 6.54 Å². The Hall–Kier alpha value is -2.85. The fourth-order valence-corrected chi connectivity index (χ4v) is 4.52. The Bertz CT molecular complexity index is 1060. The molecule has 1 aromatic carbocycles. The Labute approximate surface area is 195 Å². The number of carbonyl (C=O) groups is 2. The zero-order valence-corrected chi connectivity index (χ0v) is 20.0. The number of aryl methyl sites for hydroxylation is 1. The van der Waals surface area contributed by atoms with E-state index in [1.165, 1.54) is 28.7 Å². The lowest BCUT2D eigenvalue weighted by Gasteiger charge is -2.13. The van der Waals surface area contributed by atoms with E-state index in [4.69, 9.17) is 10.5 Å². The standard InChI is InChI=1S/C22H27N5O3S2/c1-4-15-5-7-16(8-6-15)30-12-18-25-26-22(27(18)11-14(2)3)32-13-19(28)24-21-17(20(23)29)9-10-31-21/h5-10,14H,4,11-13H2,1-3H3,(H2,23,29)(H,24,28). The Morgan fingerprint density at radius 1 is 1.22 bits per heavy atom. The molecule has 0 unspecified atom stereocenters. The Balaban J connectivity index is 1.64. The van der Waals surface area contributed by atoms with Crippen LogP contribution >= 0.6 is 23.1 Å². The molecule has 32 heavy (non-hydrogen) atoms. The SMILES string of the molecule is CCc1ccc(OCc2nnc(SCC(=O)Nc3sccc3C(N)=O)n2CC(C)C)cc1. The number of thiophene rings is 1. The molecule has 2 amide bonds. The predicted octanol–water partition coefficient (Wildman–Crippen LogP) is 3.97. The van der Waals surface area contributed by atoms with Crippen molar-refractivity contribution < 1.29 is 14.3 Å². The largest absolute Gasteiger partial charge is 0.486 e. The number of thioether (sulfide) groups is 1. The topological polar surface area (TPSA) is 112 Å². The van der Waals surface area contributed by atoms with Crippen LogP contribution in [0.1, 0.15) is 42.5 Å². The van der Waals surface area contributed by atoms with E-state index >= 15 is 0 Å². The van der Waals surface area contributed by atoms with Gasteiger partial charge in [-0.3, -0.25) is 9.59 Å². The highest BCUT2D eigenvalue weighted by Crippen LogP contribution is 2.24. The van der Waals surface area contributed by atoms with E-state index < -0.39 is 5.91 Å². The molecule has 0 spiro atoms. The molecule has 2 aromatic heterocycles. The monoisotopic (exact) mass is 473 g/mol. The van der Waals surface area contributed by atoms with Gasteiger partial charge in [-0.1, -0.05) is 44.7 Å². The normalized spacial score (nSPS) is 11.0. The maximum absolute atomic E-state index is 12.4. The Kier molecular flexibility index (Phi) is 8.29. The lowest BCUT2D eigenvalue weighted by atomic mass is 10.2. The quantitative estimate of drug-likeness (QED) is 0.408. The summed E-state index contributed by atoms with van der Waals surface area (Å²) in [7, 11) is 0. The molecule has 0 atom stereocenters. The molecule has 0 saturated carbocycles. The van der Waals surface area contributed by atoms with Crippen LogP contribution in [0.5, 0.6) is 5.75 Å². The van der Waals surface area contributed by atoms with Crippen LogP contribution in [0, 0.1) is 5.92 Å². The third kappa shape index (κ3) is 6.33. The van der Waals surface area contributed by atoms with E-state index in [1.54, 1.807) is 11.4 Å². The van der Waals surface area contributed by atoms with Crippen molar-refractivity contribution >= 4 is 39.9 Å². The van der Waals surface area contributed by atoms with E-state index in [9.17, 15) is 9.59 Å². The van der Waals surface area contributed by atoms with Crippen LogP contribution in [0.2, 0.25) is 0 Å². The summed E-state index contributed by atoms with van der Waals surface area (Å²) in [4.78, 5) is 23.8. The Morgan fingerprint density at radius 3 is 2.62 bits per heavy atom. The number of nitrogens with one attached hydrogen (secondary N) is 1. The van der Waals surface area contributed by atoms with Crippen LogP contribution in [0.3, 0.4) is 0 Å². The van der Waals surface area contributed by atoms with Gasteiger partial charge in [0.2, 0.25) is 5.91 Å². The first-order chi connectivity index (χ1) is 15.4. The minimum absolute atomic E-state index is 0.131. The molecule has 0 fully saturated rings. The van der Waals surface area contributed by atoms with Gasteiger partial charge in [0.25, 0.3) is 5.91 Å². The van der Waals surface area contributed by atoms with Crippen molar-refractivity contribution in [2.24, 2.45) is 11.7 Å². The van der Waals surface area contributed by atoms with Crippen molar-refractivity contribution in [1.29, 1.82) is 0 Å². The van der Waals surface area contributed by atoms with Crippen LogP contribution in [0.15, 0.2) is 40.9 Å². The van der Waals surface area contributed by atoms with Gasteiger partial charge >= 0.3 is 0 Å². The number of ether oxygens (including phenoxy) is 1. The van der Waals surface area contributed by atoms with Gasteiger partial charge in [-0.2, -0.15) is 0 Å². The van der Waals surface area contributed by atoms with Gasteiger partial charge in [0.05, 0.1) is 11.3 Å². The molecule has 0 bridgehead atoms. The molecular formula is C22H27N5O3S2. The van der Waals surface area contributed by atoms with Crippen LogP contribution in [0.25, 0.3) is 0 Å². The smallest absolute Gasteiger partial charge is 0.251 e. The van der Waals surface area contributed by atoms with Gasteiger partial charge in [0.1, 0.15) is 17.4 Å². The average Bonchev–Trinajstić information content (AvgIpc) is 3.38. The molecule has 170 valence electrons. The highest BCUT2D eigenvalue weighted by atomic mass is 32.2. The van der Waals surface area contributed by atoms with E-state index in [0.717, 1.165) is 12.2 Å². The maximum atomic E-state index is 12.4. The summed E-state index contributed by atoms with van der Waals surface area (Å²) in [6.07, 6.45) is 0.980. The minimum atomic E-state index is -0.570. The minimum Gasteiger partial charge on any atom is -0.486 e. The van der Waals surface area contributed by atoms with E-state index in [-0.39, 0.29) is 18.3 Å². The number of benzene rings is 1. The predicted molar refractivity (Wildman–Crippen MR) is 127 cm³/mol. The number of aromatic nitrogens is 3. The summed E-state index contributed by atoms with van der Waals surface area (Å²) in [6, 6.07) is 9.59. The van der Waals surface area contributed by atoms with Crippen molar-refractivity contribution in [1.82, 2.24) is 14.8 Å². The molecule has 0 aliphatic carbocycles. The summed E-state index contributed by atoms with van der Waals surface area (Å²) < 4.78 is 7.89. The average molecular weight is 474 g/mol. The molecule has 3 rings (SSSR count). The highest BCUT2D eigenvalue weighted by molar-refractivity contribution is 7.99. The van der Waals surface area contributed by atoms with Crippen molar-refractivity contribution in [3.05, 3.63) is 52.7 Å². The first-order valence-electron chi connectivity index (χ1n) is 10.3. The summed E-state index contributed by atoms with van der Waals surface area (Å²) in [5, 5.41) is 14.1. The number of nitrogens with zero attached hydrogens (tertiary/aromatic N) is 3. The number of hydrogen-bond acceptors (Lipinski definition) is 7. The fraction of sp³-hybridized carbons (Fsp3) is 0.364. The van der Waals surface area contributed by atoms with Gasteiger partial charge < -0.3 is 20.4 Å². The second-order valence-corrected chi connectivity index (χ2v) is 9.41. The third-order valence-electron chi connectivity index (χ3n) is 4.56. The van der Waals surface area contributed by atoms with Crippen molar-refractivity contribution in [3.8, 4) is 5.75 Å². The molecule has 0 saturated heterocycles.